The van der Waals surface area contributed by atoms with Crippen LogP contribution in [-0.2, 0) is 5.41 Å². The van der Waals surface area contributed by atoms with E-state index in [1.54, 1.807) is 0 Å². The van der Waals surface area contributed by atoms with E-state index in [0.717, 1.165) is 17.1 Å². The number of benzene rings is 1. The summed E-state index contributed by atoms with van der Waals surface area (Å²) in [7, 11) is 0. The first-order chi connectivity index (χ1) is 8.53. The summed E-state index contributed by atoms with van der Waals surface area (Å²) in [5.41, 5.74) is 2.87. The van der Waals surface area contributed by atoms with Crippen molar-refractivity contribution >= 4 is 6.03 Å². The number of ether oxygens (including phenoxy) is 2. The smallest absolute Gasteiger partial charge is 0.328 e. The van der Waals surface area contributed by atoms with Gasteiger partial charge in [0, 0.05) is 12.0 Å². The average molecular weight is 251 g/mol. The predicted octanol–water partition coefficient (Wildman–Crippen LogP) is 0.866. The van der Waals surface area contributed by atoms with Crippen LogP contribution in [0, 0.1) is 0 Å². The highest BCUT2D eigenvalue weighted by Gasteiger charge is 2.24. The van der Waals surface area contributed by atoms with Gasteiger partial charge in [-0.1, -0.05) is 19.9 Å². The van der Waals surface area contributed by atoms with Gasteiger partial charge in [0.15, 0.2) is 11.5 Å². The minimum atomic E-state index is -0.399. The molecule has 1 aromatic rings. The lowest BCUT2D eigenvalue weighted by atomic mass is 9.84. The lowest BCUT2D eigenvalue weighted by Crippen LogP contribution is -2.44. The van der Waals surface area contributed by atoms with Crippen LogP contribution in [0.4, 0.5) is 4.79 Å². The lowest BCUT2D eigenvalue weighted by molar-refractivity contribution is 0.174. The quantitative estimate of drug-likeness (QED) is 0.422. The Bertz CT molecular complexity index is 460. The first-order valence-electron chi connectivity index (χ1n) is 5.67. The van der Waals surface area contributed by atoms with Crippen LogP contribution in [0.2, 0.25) is 0 Å². The number of hydrogen-bond acceptors (Lipinski definition) is 4. The van der Waals surface area contributed by atoms with E-state index in [1.807, 2.05) is 37.5 Å². The third kappa shape index (κ3) is 2.48. The van der Waals surface area contributed by atoms with E-state index in [4.69, 9.17) is 15.3 Å². The van der Waals surface area contributed by atoms with Gasteiger partial charge in [0.25, 0.3) is 0 Å². The molecule has 0 spiro atoms. The van der Waals surface area contributed by atoms with Crippen molar-refractivity contribution in [2.45, 2.75) is 19.3 Å². The van der Waals surface area contributed by atoms with Gasteiger partial charge in [-0.05, 0) is 17.7 Å². The molecule has 0 unspecified atom stereocenters. The van der Waals surface area contributed by atoms with Gasteiger partial charge >= 0.3 is 6.03 Å². The van der Waals surface area contributed by atoms with Crippen molar-refractivity contribution in [3.63, 3.8) is 0 Å². The van der Waals surface area contributed by atoms with Crippen molar-refractivity contribution in [2.24, 2.45) is 5.84 Å². The zero-order valence-electron chi connectivity index (χ0n) is 10.4. The van der Waals surface area contributed by atoms with E-state index < -0.39 is 6.03 Å². The maximum absolute atomic E-state index is 11.1. The lowest BCUT2D eigenvalue weighted by Gasteiger charge is -2.25. The van der Waals surface area contributed by atoms with Crippen molar-refractivity contribution in [3.05, 3.63) is 23.8 Å². The fourth-order valence-corrected chi connectivity index (χ4v) is 1.77. The van der Waals surface area contributed by atoms with E-state index in [2.05, 4.69) is 5.32 Å². The van der Waals surface area contributed by atoms with Crippen LogP contribution in [0.15, 0.2) is 18.2 Å². The van der Waals surface area contributed by atoms with Crippen LogP contribution in [0.25, 0.3) is 0 Å². The number of urea groups is 1. The molecule has 1 heterocycles. The Morgan fingerprint density at radius 2 is 2.11 bits per heavy atom. The SMILES string of the molecule is CC(C)(CNC(=O)NN)c1ccc2c(c1)OCO2. The number of carbonyl (C=O) groups excluding carboxylic acids is 1. The molecule has 1 aliphatic heterocycles. The van der Waals surface area contributed by atoms with Crippen LogP contribution >= 0.6 is 0 Å². The largest absolute Gasteiger partial charge is 0.454 e. The van der Waals surface area contributed by atoms with Gasteiger partial charge in [0.1, 0.15) is 0 Å². The van der Waals surface area contributed by atoms with E-state index >= 15 is 0 Å². The van der Waals surface area contributed by atoms with E-state index in [1.165, 1.54) is 0 Å². The molecular weight excluding hydrogens is 234 g/mol. The summed E-state index contributed by atoms with van der Waals surface area (Å²) in [5, 5.41) is 2.69. The minimum Gasteiger partial charge on any atom is -0.454 e. The molecule has 0 fully saturated rings. The normalized spacial score (nSPS) is 13.3. The Morgan fingerprint density at radius 1 is 1.39 bits per heavy atom. The van der Waals surface area contributed by atoms with Gasteiger partial charge in [0.05, 0.1) is 0 Å². The molecule has 0 aliphatic carbocycles. The number of nitrogens with two attached hydrogens (primary N) is 1. The molecule has 0 saturated carbocycles. The number of hydrogen-bond donors (Lipinski definition) is 3. The molecule has 6 nitrogen and oxygen atoms in total. The van der Waals surface area contributed by atoms with Gasteiger partial charge in [-0.3, -0.25) is 5.43 Å². The van der Waals surface area contributed by atoms with Gasteiger partial charge in [0.2, 0.25) is 6.79 Å². The standard InChI is InChI=1S/C12H17N3O3/c1-12(2,6-14-11(16)15-13)8-3-4-9-10(5-8)18-7-17-9/h3-5H,6-7,13H2,1-2H3,(H2,14,15,16). The Balaban J connectivity index is 2.11. The third-order valence-electron chi connectivity index (χ3n) is 2.98. The fraction of sp³-hybridized carbons (Fsp3) is 0.417. The van der Waals surface area contributed by atoms with Crippen LogP contribution in [-0.4, -0.2) is 19.4 Å². The Kier molecular flexibility index (Phi) is 3.29. The van der Waals surface area contributed by atoms with Crippen molar-refractivity contribution in [3.8, 4) is 11.5 Å². The van der Waals surface area contributed by atoms with E-state index in [9.17, 15) is 4.79 Å². The molecule has 0 aromatic heterocycles. The highest BCUT2D eigenvalue weighted by atomic mass is 16.7. The topological polar surface area (TPSA) is 85.6 Å². The van der Waals surface area contributed by atoms with E-state index in [-0.39, 0.29) is 12.2 Å². The van der Waals surface area contributed by atoms with Crippen molar-refractivity contribution in [1.29, 1.82) is 0 Å². The summed E-state index contributed by atoms with van der Waals surface area (Å²) in [5.74, 6) is 6.51. The molecule has 0 radical (unpaired) electrons. The molecule has 6 heteroatoms. The summed E-state index contributed by atoms with van der Waals surface area (Å²) >= 11 is 0. The fourth-order valence-electron chi connectivity index (χ4n) is 1.77. The minimum absolute atomic E-state index is 0.229. The van der Waals surface area contributed by atoms with Crippen LogP contribution < -0.4 is 26.1 Å². The predicted molar refractivity (Wildman–Crippen MR) is 66.3 cm³/mol. The van der Waals surface area contributed by atoms with Gasteiger partial charge in [-0.25, -0.2) is 10.6 Å². The molecule has 18 heavy (non-hydrogen) atoms. The summed E-state index contributed by atoms with van der Waals surface area (Å²) in [6.45, 7) is 4.78. The van der Waals surface area contributed by atoms with Crippen LogP contribution in [0.1, 0.15) is 19.4 Å². The van der Waals surface area contributed by atoms with Gasteiger partial charge in [-0.2, -0.15) is 0 Å². The third-order valence-corrected chi connectivity index (χ3v) is 2.98. The summed E-state index contributed by atoms with van der Waals surface area (Å²) in [6, 6.07) is 5.38. The molecule has 2 rings (SSSR count). The number of amides is 2. The Hall–Kier alpha value is -1.95. The molecule has 0 atom stereocenters. The number of carbonyl (C=O) groups is 1. The molecule has 98 valence electrons. The number of nitrogens with one attached hydrogen (secondary N) is 2. The van der Waals surface area contributed by atoms with Crippen molar-refractivity contribution in [2.75, 3.05) is 13.3 Å². The second-order valence-corrected chi connectivity index (χ2v) is 4.78. The average Bonchev–Trinajstić information content (AvgIpc) is 2.83. The summed E-state index contributed by atoms with van der Waals surface area (Å²) in [4.78, 5) is 11.1. The number of fused-ring (bicyclic) bond motifs is 1. The van der Waals surface area contributed by atoms with Gasteiger partial charge in [-0.15, -0.1) is 0 Å². The van der Waals surface area contributed by atoms with Gasteiger partial charge < -0.3 is 14.8 Å². The zero-order valence-corrected chi connectivity index (χ0v) is 10.4. The van der Waals surface area contributed by atoms with Crippen LogP contribution in [0.5, 0.6) is 11.5 Å². The molecule has 4 N–H and O–H groups in total. The first kappa shape index (κ1) is 12.5. The summed E-state index contributed by atoms with van der Waals surface area (Å²) in [6.07, 6.45) is 0. The van der Waals surface area contributed by atoms with E-state index in [0.29, 0.717) is 6.54 Å². The van der Waals surface area contributed by atoms with Crippen LogP contribution in [0.3, 0.4) is 0 Å². The first-order valence-corrected chi connectivity index (χ1v) is 5.67. The molecule has 1 aromatic carbocycles. The molecule has 0 saturated heterocycles. The monoisotopic (exact) mass is 251 g/mol. The maximum atomic E-state index is 11.1. The second kappa shape index (κ2) is 4.73. The zero-order chi connectivity index (χ0) is 13.2. The second-order valence-electron chi connectivity index (χ2n) is 4.78. The number of hydrazine groups is 1. The Labute approximate surface area is 105 Å². The highest BCUT2D eigenvalue weighted by Crippen LogP contribution is 2.36. The molecular formula is C12H17N3O3. The van der Waals surface area contributed by atoms with Crippen molar-refractivity contribution in [1.82, 2.24) is 10.7 Å². The molecule has 2 amide bonds. The maximum Gasteiger partial charge on any atom is 0.328 e. The summed E-state index contributed by atoms with van der Waals surface area (Å²) < 4.78 is 10.6. The molecule has 0 bridgehead atoms. The number of rotatable bonds is 3. The van der Waals surface area contributed by atoms with Crippen molar-refractivity contribution < 1.29 is 14.3 Å². The highest BCUT2D eigenvalue weighted by molar-refractivity contribution is 5.73. The Morgan fingerprint density at radius 3 is 2.83 bits per heavy atom. The molecule has 1 aliphatic rings.